The molecule has 2 unspecified atom stereocenters. The first-order chi connectivity index (χ1) is 8.16. The lowest BCUT2D eigenvalue weighted by molar-refractivity contribution is 0.292. The maximum atomic E-state index is 6.21. The van der Waals surface area contributed by atoms with Gasteiger partial charge < -0.3 is 5.73 Å². The van der Waals surface area contributed by atoms with Gasteiger partial charge in [-0.25, -0.2) is 0 Å². The number of hydrogen-bond donors (Lipinski definition) is 1. The molecule has 94 valence electrons. The second-order valence-corrected chi connectivity index (χ2v) is 5.68. The first-order valence-corrected chi connectivity index (χ1v) is 6.98. The Hall–Kier alpha value is -0.820. The van der Waals surface area contributed by atoms with Crippen LogP contribution < -0.4 is 5.73 Å². The third kappa shape index (κ3) is 3.32. The number of rotatable bonds is 3. The number of benzene rings is 1. The third-order valence-electron chi connectivity index (χ3n) is 4.25. The lowest BCUT2D eigenvalue weighted by Crippen LogP contribution is -2.33. The number of nitrogens with two attached hydrogens (primary N) is 1. The van der Waals surface area contributed by atoms with Crippen molar-refractivity contribution in [3.05, 3.63) is 34.9 Å². The lowest BCUT2D eigenvalue weighted by atomic mass is 9.81. The van der Waals surface area contributed by atoms with Crippen LogP contribution in [0.2, 0.25) is 0 Å². The van der Waals surface area contributed by atoms with Gasteiger partial charge in [0.2, 0.25) is 0 Å². The molecule has 17 heavy (non-hydrogen) atoms. The summed E-state index contributed by atoms with van der Waals surface area (Å²) in [6.07, 6.45) is 7.76. The molecule has 1 saturated carbocycles. The van der Waals surface area contributed by atoms with Gasteiger partial charge in [0.25, 0.3) is 0 Å². The molecule has 1 nitrogen and oxygen atoms in total. The Morgan fingerprint density at radius 1 is 1.18 bits per heavy atom. The fourth-order valence-corrected chi connectivity index (χ4v) is 3.06. The predicted octanol–water partition coefficient (Wildman–Crippen LogP) is 3.75. The van der Waals surface area contributed by atoms with Gasteiger partial charge in [0.05, 0.1) is 0 Å². The Labute approximate surface area is 105 Å². The van der Waals surface area contributed by atoms with Crippen LogP contribution in [0.15, 0.2) is 18.2 Å². The second-order valence-electron chi connectivity index (χ2n) is 5.68. The van der Waals surface area contributed by atoms with Crippen LogP contribution in [-0.2, 0) is 6.42 Å². The molecule has 0 aliphatic heterocycles. The molecule has 0 saturated heterocycles. The SMILES string of the molecule is Cc1ccc(CCC2CCCCC2N)c(C)c1. The standard InChI is InChI=1S/C16H25N/c1-12-7-8-14(13(2)11-12)9-10-15-5-3-4-6-16(15)17/h7-8,11,15-16H,3-6,9-10,17H2,1-2H3. The van der Waals surface area contributed by atoms with Gasteiger partial charge >= 0.3 is 0 Å². The van der Waals surface area contributed by atoms with Gasteiger partial charge in [-0.1, -0.05) is 36.6 Å². The van der Waals surface area contributed by atoms with Crippen molar-refractivity contribution in [2.45, 2.75) is 58.4 Å². The Kier molecular flexibility index (Phi) is 4.22. The largest absolute Gasteiger partial charge is 0.327 e. The average molecular weight is 231 g/mol. The summed E-state index contributed by atoms with van der Waals surface area (Å²) in [6, 6.07) is 7.26. The van der Waals surface area contributed by atoms with Crippen molar-refractivity contribution in [1.82, 2.24) is 0 Å². The molecule has 0 heterocycles. The molecule has 1 aliphatic carbocycles. The summed E-state index contributed by atoms with van der Waals surface area (Å²) in [5, 5.41) is 0. The van der Waals surface area contributed by atoms with E-state index in [-0.39, 0.29) is 0 Å². The van der Waals surface area contributed by atoms with E-state index < -0.39 is 0 Å². The molecule has 1 aromatic carbocycles. The van der Waals surface area contributed by atoms with Gasteiger partial charge in [0.1, 0.15) is 0 Å². The van der Waals surface area contributed by atoms with Crippen LogP contribution >= 0.6 is 0 Å². The number of aryl methyl sites for hydroxylation is 3. The zero-order valence-electron chi connectivity index (χ0n) is 11.2. The molecule has 0 radical (unpaired) electrons. The van der Waals surface area contributed by atoms with Crippen LogP contribution in [0, 0.1) is 19.8 Å². The maximum Gasteiger partial charge on any atom is 0.00672 e. The average Bonchev–Trinajstić information content (AvgIpc) is 2.30. The van der Waals surface area contributed by atoms with Gasteiger partial charge in [-0.05, 0) is 56.6 Å². The summed E-state index contributed by atoms with van der Waals surface area (Å²) < 4.78 is 0. The number of hydrogen-bond acceptors (Lipinski definition) is 1. The predicted molar refractivity (Wildman–Crippen MR) is 74.2 cm³/mol. The summed E-state index contributed by atoms with van der Waals surface area (Å²) in [4.78, 5) is 0. The Morgan fingerprint density at radius 2 is 1.94 bits per heavy atom. The van der Waals surface area contributed by atoms with Crippen molar-refractivity contribution in [2.24, 2.45) is 11.7 Å². The van der Waals surface area contributed by atoms with E-state index in [1.165, 1.54) is 55.2 Å². The van der Waals surface area contributed by atoms with Gasteiger partial charge in [-0.3, -0.25) is 0 Å². The highest BCUT2D eigenvalue weighted by Crippen LogP contribution is 2.27. The van der Waals surface area contributed by atoms with Crippen LogP contribution in [-0.4, -0.2) is 6.04 Å². The summed E-state index contributed by atoms with van der Waals surface area (Å²) in [5.41, 5.74) is 10.5. The summed E-state index contributed by atoms with van der Waals surface area (Å²) in [5.74, 6) is 0.754. The van der Waals surface area contributed by atoms with E-state index in [4.69, 9.17) is 5.73 Å². The Bertz CT molecular complexity index is 370. The van der Waals surface area contributed by atoms with Crippen LogP contribution in [0.3, 0.4) is 0 Å². The molecule has 1 fully saturated rings. The van der Waals surface area contributed by atoms with E-state index in [0.717, 1.165) is 5.92 Å². The topological polar surface area (TPSA) is 26.0 Å². The van der Waals surface area contributed by atoms with Crippen LogP contribution in [0.25, 0.3) is 0 Å². The first-order valence-electron chi connectivity index (χ1n) is 6.98. The fraction of sp³-hybridized carbons (Fsp3) is 0.625. The van der Waals surface area contributed by atoms with Gasteiger partial charge in [0.15, 0.2) is 0 Å². The normalized spacial score (nSPS) is 24.9. The van der Waals surface area contributed by atoms with Crippen LogP contribution in [0.1, 0.15) is 48.8 Å². The van der Waals surface area contributed by atoms with E-state index in [2.05, 4.69) is 32.0 Å². The highest BCUT2D eigenvalue weighted by atomic mass is 14.7. The lowest BCUT2D eigenvalue weighted by Gasteiger charge is -2.28. The minimum atomic E-state index is 0.453. The van der Waals surface area contributed by atoms with Crippen molar-refractivity contribution >= 4 is 0 Å². The highest BCUT2D eigenvalue weighted by Gasteiger charge is 2.21. The van der Waals surface area contributed by atoms with E-state index in [1.807, 2.05) is 0 Å². The molecular weight excluding hydrogens is 206 g/mol. The Balaban J connectivity index is 1.92. The molecular formula is C16H25N. The molecule has 0 amide bonds. The minimum absolute atomic E-state index is 0.453. The molecule has 1 heteroatoms. The molecule has 1 aliphatic rings. The molecule has 0 spiro atoms. The van der Waals surface area contributed by atoms with Crippen molar-refractivity contribution < 1.29 is 0 Å². The summed E-state index contributed by atoms with van der Waals surface area (Å²) in [6.45, 7) is 4.39. The van der Waals surface area contributed by atoms with E-state index in [9.17, 15) is 0 Å². The molecule has 2 N–H and O–H groups in total. The molecule has 2 rings (SSSR count). The van der Waals surface area contributed by atoms with E-state index in [0.29, 0.717) is 6.04 Å². The van der Waals surface area contributed by atoms with Crippen LogP contribution in [0.4, 0.5) is 0 Å². The first kappa shape index (κ1) is 12.6. The van der Waals surface area contributed by atoms with Crippen molar-refractivity contribution in [2.75, 3.05) is 0 Å². The van der Waals surface area contributed by atoms with Crippen molar-refractivity contribution in [1.29, 1.82) is 0 Å². The zero-order chi connectivity index (χ0) is 12.3. The molecule has 1 aromatic rings. The Morgan fingerprint density at radius 3 is 2.65 bits per heavy atom. The molecule has 0 aromatic heterocycles. The van der Waals surface area contributed by atoms with E-state index in [1.54, 1.807) is 0 Å². The monoisotopic (exact) mass is 231 g/mol. The fourth-order valence-electron chi connectivity index (χ4n) is 3.06. The van der Waals surface area contributed by atoms with Crippen molar-refractivity contribution in [3.8, 4) is 0 Å². The molecule has 2 atom stereocenters. The maximum absolute atomic E-state index is 6.21. The smallest absolute Gasteiger partial charge is 0.00672 e. The quantitative estimate of drug-likeness (QED) is 0.842. The second kappa shape index (κ2) is 5.68. The summed E-state index contributed by atoms with van der Waals surface area (Å²) in [7, 11) is 0. The van der Waals surface area contributed by atoms with Crippen LogP contribution in [0.5, 0.6) is 0 Å². The third-order valence-corrected chi connectivity index (χ3v) is 4.25. The molecule has 0 bridgehead atoms. The minimum Gasteiger partial charge on any atom is -0.327 e. The van der Waals surface area contributed by atoms with Crippen molar-refractivity contribution in [3.63, 3.8) is 0 Å². The van der Waals surface area contributed by atoms with Gasteiger partial charge in [-0.15, -0.1) is 0 Å². The van der Waals surface area contributed by atoms with Gasteiger partial charge in [-0.2, -0.15) is 0 Å². The summed E-state index contributed by atoms with van der Waals surface area (Å²) >= 11 is 0. The zero-order valence-corrected chi connectivity index (χ0v) is 11.2. The van der Waals surface area contributed by atoms with E-state index >= 15 is 0 Å². The van der Waals surface area contributed by atoms with Gasteiger partial charge in [0, 0.05) is 6.04 Å². The highest BCUT2D eigenvalue weighted by molar-refractivity contribution is 5.30.